The van der Waals surface area contributed by atoms with Crippen molar-refractivity contribution in [2.24, 2.45) is 5.73 Å². The van der Waals surface area contributed by atoms with Gasteiger partial charge in [0, 0.05) is 19.8 Å². The quantitative estimate of drug-likeness (QED) is 0.619. The normalized spacial score (nSPS) is 10.3. The van der Waals surface area contributed by atoms with Gasteiger partial charge < -0.3 is 24.5 Å². The molecule has 0 spiro atoms. The van der Waals surface area contributed by atoms with Gasteiger partial charge in [-0.25, -0.2) is 9.59 Å². The van der Waals surface area contributed by atoms with Crippen LogP contribution in [0.1, 0.15) is 43.8 Å². The monoisotopic (exact) mass is 417 g/mol. The summed E-state index contributed by atoms with van der Waals surface area (Å²) >= 11 is 0. The molecule has 30 heavy (non-hydrogen) atoms. The molecule has 0 unspecified atom stereocenters. The van der Waals surface area contributed by atoms with Crippen LogP contribution in [0.4, 0.5) is 11.6 Å². The Kier molecular flexibility index (Phi) is 7.18. The second-order valence-electron chi connectivity index (χ2n) is 6.39. The van der Waals surface area contributed by atoms with Crippen molar-refractivity contribution in [2.75, 3.05) is 37.5 Å². The van der Waals surface area contributed by atoms with E-state index in [9.17, 15) is 19.2 Å². The highest BCUT2D eigenvalue weighted by molar-refractivity contribution is 6.10. The number of carbonyl (C=O) groups is 4. The van der Waals surface area contributed by atoms with E-state index < -0.39 is 30.4 Å². The van der Waals surface area contributed by atoms with Crippen LogP contribution in [0.15, 0.2) is 28.7 Å². The maximum absolute atomic E-state index is 12.2. The third kappa shape index (κ3) is 5.16. The number of furan rings is 1. The van der Waals surface area contributed by atoms with Crippen molar-refractivity contribution in [2.45, 2.75) is 13.8 Å². The number of nitrogens with two attached hydrogens (primary N) is 1. The number of hydrogen-bond acceptors (Lipinski definition) is 8. The minimum Gasteiger partial charge on any atom is -0.462 e. The van der Waals surface area contributed by atoms with Crippen LogP contribution >= 0.6 is 0 Å². The number of nitrogens with zero attached hydrogens (tertiary/aromatic N) is 1. The van der Waals surface area contributed by atoms with Crippen LogP contribution in [0.2, 0.25) is 0 Å². The van der Waals surface area contributed by atoms with Gasteiger partial charge in [-0.1, -0.05) is 6.07 Å². The minimum atomic E-state index is -0.984. The first-order chi connectivity index (χ1) is 14.1. The van der Waals surface area contributed by atoms with Gasteiger partial charge in [0.25, 0.3) is 11.8 Å². The van der Waals surface area contributed by atoms with Gasteiger partial charge in [-0.15, -0.1) is 0 Å². The number of benzene rings is 1. The van der Waals surface area contributed by atoms with Crippen LogP contribution in [-0.2, 0) is 14.3 Å². The minimum absolute atomic E-state index is 0.0510. The molecule has 1 aromatic heterocycles. The number of amides is 2. The van der Waals surface area contributed by atoms with Crippen LogP contribution in [-0.4, -0.2) is 51.1 Å². The smallest absolute Gasteiger partial charge is 0.342 e. The summed E-state index contributed by atoms with van der Waals surface area (Å²) in [6.07, 6.45) is 0. The summed E-state index contributed by atoms with van der Waals surface area (Å²) in [4.78, 5) is 50.1. The fourth-order valence-corrected chi connectivity index (χ4v) is 2.61. The number of rotatable bonds is 8. The molecule has 0 radical (unpaired) electrons. The van der Waals surface area contributed by atoms with Gasteiger partial charge in [0.05, 0.1) is 12.2 Å². The van der Waals surface area contributed by atoms with Crippen molar-refractivity contribution < 1.29 is 33.1 Å². The number of aryl methyl sites for hydroxylation is 1. The zero-order chi connectivity index (χ0) is 22.4. The summed E-state index contributed by atoms with van der Waals surface area (Å²) in [5.74, 6) is -3.54. The lowest BCUT2D eigenvalue weighted by molar-refractivity contribution is -0.119. The maximum Gasteiger partial charge on any atom is 0.342 e. The molecule has 2 aromatic rings. The highest BCUT2D eigenvalue weighted by Gasteiger charge is 2.29. The Morgan fingerprint density at radius 3 is 2.40 bits per heavy atom. The van der Waals surface area contributed by atoms with Crippen LogP contribution in [0.3, 0.4) is 0 Å². The number of esters is 2. The number of hydrogen-bond donors (Lipinski definition) is 2. The van der Waals surface area contributed by atoms with Crippen LogP contribution < -0.4 is 16.0 Å². The molecule has 10 nitrogen and oxygen atoms in total. The Morgan fingerprint density at radius 2 is 1.80 bits per heavy atom. The summed E-state index contributed by atoms with van der Waals surface area (Å²) in [5.41, 5.74) is 5.90. The Bertz CT molecular complexity index is 979. The maximum atomic E-state index is 12.2. The van der Waals surface area contributed by atoms with Gasteiger partial charge in [-0.05, 0) is 32.0 Å². The number of primary amides is 1. The molecule has 1 heterocycles. The number of anilines is 2. The molecule has 0 aliphatic carbocycles. The van der Waals surface area contributed by atoms with Crippen molar-refractivity contribution >= 4 is 35.3 Å². The van der Waals surface area contributed by atoms with Gasteiger partial charge in [0.1, 0.15) is 16.9 Å². The van der Waals surface area contributed by atoms with E-state index >= 15 is 0 Å². The molecular formula is C20H23N3O7. The zero-order valence-electron chi connectivity index (χ0n) is 17.1. The zero-order valence-corrected chi connectivity index (χ0v) is 17.1. The van der Waals surface area contributed by atoms with Gasteiger partial charge in [-0.2, -0.15) is 0 Å². The summed E-state index contributed by atoms with van der Waals surface area (Å²) < 4.78 is 15.2. The molecule has 10 heteroatoms. The molecule has 2 amide bonds. The van der Waals surface area contributed by atoms with Gasteiger partial charge in [0.2, 0.25) is 5.88 Å². The lowest BCUT2D eigenvalue weighted by atomic mass is 10.1. The van der Waals surface area contributed by atoms with Crippen molar-refractivity contribution in [3.63, 3.8) is 0 Å². The third-order valence-corrected chi connectivity index (χ3v) is 4.00. The molecule has 0 fully saturated rings. The van der Waals surface area contributed by atoms with E-state index in [0.29, 0.717) is 0 Å². The van der Waals surface area contributed by atoms with Crippen LogP contribution in [0.25, 0.3) is 0 Å². The highest BCUT2D eigenvalue weighted by atomic mass is 16.5. The van der Waals surface area contributed by atoms with E-state index in [2.05, 4.69) is 5.32 Å². The molecule has 1 aromatic carbocycles. The summed E-state index contributed by atoms with van der Waals surface area (Å²) in [5, 5.41) is 2.29. The van der Waals surface area contributed by atoms with Crippen molar-refractivity contribution in [3.05, 3.63) is 46.7 Å². The number of ether oxygens (including phenoxy) is 2. The number of nitrogens with one attached hydrogen (secondary N) is 1. The molecule has 160 valence electrons. The van der Waals surface area contributed by atoms with Crippen molar-refractivity contribution in [1.29, 1.82) is 0 Å². The van der Waals surface area contributed by atoms with Gasteiger partial charge in [-0.3, -0.25) is 14.9 Å². The summed E-state index contributed by atoms with van der Waals surface area (Å²) in [6, 6.07) is 6.68. The fraction of sp³-hybridized carbons (Fsp3) is 0.300. The molecule has 0 atom stereocenters. The first-order valence-electron chi connectivity index (χ1n) is 9.00. The average Bonchev–Trinajstić information content (AvgIpc) is 3.02. The lowest BCUT2D eigenvalue weighted by Crippen LogP contribution is -2.23. The first kappa shape index (κ1) is 22.5. The molecule has 0 saturated heterocycles. The third-order valence-electron chi connectivity index (χ3n) is 4.00. The summed E-state index contributed by atoms with van der Waals surface area (Å²) in [6.45, 7) is 2.46. The largest absolute Gasteiger partial charge is 0.462 e. The lowest BCUT2D eigenvalue weighted by Gasteiger charge is -2.13. The van der Waals surface area contributed by atoms with E-state index in [-0.39, 0.29) is 34.9 Å². The highest BCUT2D eigenvalue weighted by Crippen LogP contribution is 2.27. The SMILES string of the molecule is CCOC(=O)c1c(C)oc(NC(=O)COC(=O)c2cccc(N(C)C)c2)c1C(N)=O. The van der Waals surface area contributed by atoms with E-state index in [1.807, 2.05) is 25.1 Å². The standard InChI is InChI=1S/C20H23N3O7/c1-5-28-20(27)15-11(2)30-18(16(15)17(21)25)22-14(24)10-29-19(26)12-7-6-8-13(9-12)23(3)4/h6-9H,5,10H2,1-4H3,(H2,21,25)(H,22,24). The Hall–Kier alpha value is -3.82. The predicted octanol–water partition coefficient (Wildman–Crippen LogP) is 1.73. The molecule has 0 bridgehead atoms. The molecule has 3 N–H and O–H groups in total. The van der Waals surface area contributed by atoms with E-state index in [4.69, 9.17) is 19.6 Å². The summed E-state index contributed by atoms with van der Waals surface area (Å²) in [7, 11) is 3.65. The Balaban J connectivity index is 2.10. The molecule has 0 aliphatic heterocycles. The topological polar surface area (TPSA) is 141 Å². The van der Waals surface area contributed by atoms with E-state index in [1.54, 1.807) is 25.1 Å². The molecular weight excluding hydrogens is 394 g/mol. The average molecular weight is 417 g/mol. The first-order valence-corrected chi connectivity index (χ1v) is 9.00. The van der Waals surface area contributed by atoms with Crippen molar-refractivity contribution in [3.8, 4) is 0 Å². The number of carbonyl (C=O) groups excluding carboxylic acids is 4. The van der Waals surface area contributed by atoms with Crippen LogP contribution in [0.5, 0.6) is 0 Å². The second kappa shape index (κ2) is 9.59. The second-order valence-corrected chi connectivity index (χ2v) is 6.39. The fourth-order valence-electron chi connectivity index (χ4n) is 2.61. The Labute approximate surface area is 172 Å². The van der Waals surface area contributed by atoms with Gasteiger partial charge in [0.15, 0.2) is 6.61 Å². The van der Waals surface area contributed by atoms with E-state index in [0.717, 1.165) is 5.69 Å². The van der Waals surface area contributed by atoms with Gasteiger partial charge >= 0.3 is 11.9 Å². The molecule has 0 aliphatic rings. The predicted molar refractivity (Wildman–Crippen MR) is 108 cm³/mol. The van der Waals surface area contributed by atoms with Crippen LogP contribution in [0, 0.1) is 6.92 Å². The Morgan fingerprint density at radius 1 is 1.10 bits per heavy atom. The molecule has 0 saturated carbocycles. The molecule has 2 rings (SSSR count). The van der Waals surface area contributed by atoms with E-state index in [1.165, 1.54) is 6.92 Å². The van der Waals surface area contributed by atoms with Crippen molar-refractivity contribution in [1.82, 2.24) is 0 Å².